The lowest BCUT2D eigenvalue weighted by Crippen LogP contribution is -2.44. The van der Waals surface area contributed by atoms with Crippen molar-refractivity contribution in [1.82, 2.24) is 0 Å². The summed E-state index contributed by atoms with van der Waals surface area (Å²) in [4.78, 5) is 26.6. The standard InChI is InChI=1S/C26H36O4Si2/c1-25(2,3)31(7,8)29-17-11-13-19-21(15-17)23(27)20-14-12-18(16-22(20)24(19)28)30-32(9,10)26(4,5)6/h11-16H,1-10H3. The molecular formula is C26H36O4Si2. The first-order valence-electron chi connectivity index (χ1n) is 11.2. The Morgan fingerprint density at radius 1 is 0.562 bits per heavy atom. The molecule has 0 fully saturated rings. The first kappa shape index (κ1) is 24.5. The molecule has 0 saturated carbocycles. The lowest BCUT2D eigenvalue weighted by Gasteiger charge is -2.37. The molecule has 0 amide bonds. The van der Waals surface area contributed by atoms with E-state index in [1.54, 1.807) is 24.3 Å². The van der Waals surface area contributed by atoms with Gasteiger partial charge in [-0.3, -0.25) is 9.59 Å². The minimum atomic E-state index is -2.06. The molecule has 1 aliphatic carbocycles. The maximum atomic E-state index is 13.3. The normalized spacial score (nSPS) is 14.7. The van der Waals surface area contributed by atoms with E-state index in [0.29, 0.717) is 33.8 Å². The molecule has 0 spiro atoms. The number of hydrogen-bond acceptors (Lipinski definition) is 4. The number of carbonyl (C=O) groups excluding carboxylic acids is 2. The van der Waals surface area contributed by atoms with E-state index in [1.165, 1.54) is 0 Å². The minimum Gasteiger partial charge on any atom is -0.543 e. The van der Waals surface area contributed by atoms with Crippen LogP contribution >= 0.6 is 0 Å². The van der Waals surface area contributed by atoms with Crippen molar-refractivity contribution in [1.29, 1.82) is 0 Å². The fourth-order valence-electron chi connectivity index (χ4n) is 3.13. The number of benzene rings is 2. The van der Waals surface area contributed by atoms with Gasteiger partial charge in [-0.25, -0.2) is 0 Å². The van der Waals surface area contributed by atoms with Crippen LogP contribution in [0.5, 0.6) is 11.5 Å². The molecule has 32 heavy (non-hydrogen) atoms. The predicted octanol–water partition coefficient (Wildman–Crippen LogP) is 7.23. The number of fused-ring (bicyclic) bond motifs is 2. The summed E-state index contributed by atoms with van der Waals surface area (Å²) in [6, 6.07) is 10.5. The lowest BCUT2D eigenvalue weighted by molar-refractivity contribution is 0.0978. The van der Waals surface area contributed by atoms with Gasteiger partial charge in [0.05, 0.1) is 0 Å². The smallest absolute Gasteiger partial charge is 0.250 e. The largest absolute Gasteiger partial charge is 0.543 e. The molecule has 0 N–H and O–H groups in total. The molecule has 2 aromatic carbocycles. The molecule has 0 heterocycles. The van der Waals surface area contributed by atoms with Gasteiger partial charge in [-0.2, -0.15) is 0 Å². The molecule has 4 nitrogen and oxygen atoms in total. The van der Waals surface area contributed by atoms with Crippen molar-refractivity contribution < 1.29 is 18.4 Å². The molecule has 6 heteroatoms. The topological polar surface area (TPSA) is 52.6 Å². The van der Waals surface area contributed by atoms with Crippen LogP contribution in [0, 0.1) is 0 Å². The predicted molar refractivity (Wildman–Crippen MR) is 135 cm³/mol. The van der Waals surface area contributed by atoms with Crippen molar-refractivity contribution in [2.45, 2.75) is 77.8 Å². The summed E-state index contributed by atoms with van der Waals surface area (Å²) in [5, 5.41) is 0.0752. The molecule has 0 aliphatic heterocycles. The zero-order valence-electron chi connectivity index (χ0n) is 21.1. The van der Waals surface area contributed by atoms with Crippen molar-refractivity contribution in [2.24, 2.45) is 0 Å². The Morgan fingerprint density at radius 2 is 0.875 bits per heavy atom. The molecule has 0 radical (unpaired) electrons. The zero-order valence-corrected chi connectivity index (χ0v) is 23.1. The van der Waals surface area contributed by atoms with Crippen LogP contribution in [0.15, 0.2) is 36.4 Å². The summed E-state index contributed by atoms with van der Waals surface area (Å²) in [6.07, 6.45) is 0. The van der Waals surface area contributed by atoms with Crippen LogP contribution in [0.3, 0.4) is 0 Å². The summed E-state index contributed by atoms with van der Waals surface area (Å²) >= 11 is 0. The van der Waals surface area contributed by atoms with Gasteiger partial charge in [0.2, 0.25) is 16.6 Å². The maximum absolute atomic E-state index is 13.3. The average Bonchev–Trinajstić information content (AvgIpc) is 2.63. The minimum absolute atomic E-state index is 0.0376. The first-order chi connectivity index (χ1) is 14.4. The molecular weight excluding hydrogens is 432 g/mol. The van der Waals surface area contributed by atoms with Crippen LogP contribution in [0.4, 0.5) is 0 Å². The van der Waals surface area contributed by atoms with Crippen LogP contribution in [-0.4, -0.2) is 28.2 Å². The van der Waals surface area contributed by atoms with Gasteiger partial charge >= 0.3 is 0 Å². The second kappa shape index (κ2) is 7.70. The summed E-state index contributed by atoms with van der Waals surface area (Å²) in [5.74, 6) is 1.01. The van der Waals surface area contributed by atoms with Crippen molar-refractivity contribution in [3.05, 3.63) is 58.7 Å². The molecule has 1 aliphatic rings. The van der Waals surface area contributed by atoms with Gasteiger partial charge < -0.3 is 8.85 Å². The second-order valence-electron chi connectivity index (χ2n) is 11.8. The number of carbonyl (C=O) groups is 2. The van der Waals surface area contributed by atoms with Crippen LogP contribution in [0.25, 0.3) is 0 Å². The van der Waals surface area contributed by atoms with Gasteiger partial charge in [-0.15, -0.1) is 0 Å². The summed E-state index contributed by atoms with van der Waals surface area (Å²) in [5.41, 5.74) is 1.68. The maximum Gasteiger partial charge on any atom is 0.250 e. The van der Waals surface area contributed by atoms with E-state index in [0.717, 1.165) is 0 Å². The first-order valence-corrected chi connectivity index (χ1v) is 17.0. The Hall–Kier alpha value is -2.19. The molecule has 0 atom stereocenters. The summed E-state index contributed by atoms with van der Waals surface area (Å²) < 4.78 is 12.7. The highest BCUT2D eigenvalue weighted by Gasteiger charge is 2.41. The van der Waals surface area contributed by atoms with E-state index < -0.39 is 16.6 Å². The molecule has 0 bridgehead atoms. The Balaban J connectivity index is 1.97. The van der Waals surface area contributed by atoms with Gasteiger partial charge in [0.25, 0.3) is 0 Å². The quantitative estimate of drug-likeness (QED) is 0.379. The van der Waals surface area contributed by atoms with E-state index in [1.807, 2.05) is 12.1 Å². The Labute approximate surface area is 194 Å². The number of rotatable bonds is 4. The van der Waals surface area contributed by atoms with Gasteiger partial charge in [0.1, 0.15) is 11.5 Å². The van der Waals surface area contributed by atoms with E-state index in [2.05, 4.69) is 67.7 Å². The van der Waals surface area contributed by atoms with Crippen molar-refractivity contribution >= 4 is 28.2 Å². The van der Waals surface area contributed by atoms with Gasteiger partial charge in [0, 0.05) is 22.3 Å². The Morgan fingerprint density at radius 3 is 1.16 bits per heavy atom. The van der Waals surface area contributed by atoms with Gasteiger partial charge in [-0.05, 0) is 72.7 Å². The number of hydrogen-bond donors (Lipinski definition) is 0. The van der Waals surface area contributed by atoms with Crippen LogP contribution in [0.2, 0.25) is 36.3 Å². The molecule has 0 saturated heterocycles. The van der Waals surface area contributed by atoms with E-state index >= 15 is 0 Å². The second-order valence-corrected chi connectivity index (χ2v) is 21.2. The third-order valence-electron chi connectivity index (χ3n) is 7.32. The van der Waals surface area contributed by atoms with Crippen LogP contribution in [-0.2, 0) is 0 Å². The molecule has 0 aromatic heterocycles. The SMILES string of the molecule is CC(C)(C)[Si](C)(C)Oc1ccc2c(c1)C(=O)c1ccc(O[Si](C)(C)C(C)(C)C)cc1C2=O. The van der Waals surface area contributed by atoms with Gasteiger partial charge in [0.15, 0.2) is 11.6 Å². The monoisotopic (exact) mass is 468 g/mol. The fraction of sp³-hybridized carbons (Fsp3) is 0.462. The average molecular weight is 469 g/mol. The summed E-state index contributed by atoms with van der Waals surface area (Å²) in [6.45, 7) is 21.7. The molecule has 172 valence electrons. The fourth-order valence-corrected chi connectivity index (χ4v) is 5.18. The molecule has 3 rings (SSSR count). The third-order valence-corrected chi connectivity index (χ3v) is 16.0. The highest BCUT2D eigenvalue weighted by molar-refractivity contribution is 6.75. The van der Waals surface area contributed by atoms with Crippen molar-refractivity contribution in [2.75, 3.05) is 0 Å². The van der Waals surface area contributed by atoms with Crippen molar-refractivity contribution in [3.63, 3.8) is 0 Å². The molecule has 2 aromatic rings. The Bertz CT molecular complexity index is 998. The highest BCUT2D eigenvalue weighted by Crippen LogP contribution is 2.40. The van der Waals surface area contributed by atoms with Crippen LogP contribution < -0.4 is 8.85 Å². The van der Waals surface area contributed by atoms with E-state index in [4.69, 9.17) is 8.85 Å². The third kappa shape index (κ3) is 4.35. The van der Waals surface area contributed by atoms with E-state index in [9.17, 15) is 9.59 Å². The lowest BCUT2D eigenvalue weighted by atomic mass is 9.84. The summed E-state index contributed by atoms with van der Waals surface area (Å²) in [7, 11) is -4.11. The molecule has 0 unspecified atom stereocenters. The van der Waals surface area contributed by atoms with Gasteiger partial charge in [-0.1, -0.05) is 41.5 Å². The highest BCUT2D eigenvalue weighted by atomic mass is 28.4. The zero-order chi connectivity index (χ0) is 24.3. The number of ketones is 2. The van der Waals surface area contributed by atoms with Crippen molar-refractivity contribution in [3.8, 4) is 11.5 Å². The Kier molecular flexibility index (Phi) is 5.88. The van der Waals surface area contributed by atoms with E-state index in [-0.39, 0.29) is 21.6 Å². The van der Waals surface area contributed by atoms with Crippen LogP contribution in [0.1, 0.15) is 73.4 Å².